The van der Waals surface area contributed by atoms with Gasteiger partial charge >= 0.3 is 0 Å². The minimum atomic E-state index is -0.438. The Hall–Kier alpha value is -3.41. The van der Waals surface area contributed by atoms with E-state index < -0.39 is 11.8 Å². The summed E-state index contributed by atoms with van der Waals surface area (Å²) < 4.78 is 5.93. The average Bonchev–Trinajstić information content (AvgIpc) is 3.40. The molecule has 1 aromatic heterocycles. The number of hydrogen-bond donors (Lipinski definition) is 2. The summed E-state index contributed by atoms with van der Waals surface area (Å²) in [5.41, 5.74) is 7.06. The number of amides is 3. The summed E-state index contributed by atoms with van der Waals surface area (Å²) in [7, 11) is 0. The molecule has 0 aliphatic carbocycles. The highest BCUT2D eigenvalue weighted by atomic mass is 32.2. The Kier molecular flexibility index (Phi) is 8.35. The second-order valence-electron chi connectivity index (χ2n) is 7.21. The molecule has 11 heteroatoms. The number of rotatable bonds is 8. The minimum absolute atomic E-state index is 0.0157. The van der Waals surface area contributed by atoms with E-state index in [1.165, 1.54) is 16.7 Å². The maximum Gasteiger partial charge on any atom is 0.266 e. The number of benzene rings is 2. The van der Waals surface area contributed by atoms with Crippen molar-refractivity contribution in [2.45, 2.75) is 11.6 Å². The first-order chi connectivity index (χ1) is 17.0. The van der Waals surface area contributed by atoms with Crippen LogP contribution in [-0.4, -0.2) is 44.2 Å². The first-order valence-corrected chi connectivity index (χ1v) is 12.7. The Bertz CT molecular complexity index is 1290. The predicted octanol–water partition coefficient (Wildman–Crippen LogP) is 3.92. The molecule has 2 heterocycles. The molecule has 0 atom stereocenters. The molecule has 3 aromatic rings. The van der Waals surface area contributed by atoms with E-state index in [0.29, 0.717) is 25.5 Å². The third-order valence-electron chi connectivity index (χ3n) is 4.71. The number of hydrogen-bond acceptors (Lipinski definition) is 8. The third-order valence-corrected chi connectivity index (χ3v) is 6.94. The van der Waals surface area contributed by atoms with Crippen LogP contribution in [0.1, 0.15) is 12.0 Å². The molecule has 1 fully saturated rings. The van der Waals surface area contributed by atoms with Gasteiger partial charge in [0.25, 0.3) is 11.1 Å². The molecule has 178 valence electrons. The fourth-order valence-corrected chi connectivity index (χ4v) is 4.91. The molecule has 0 unspecified atom stereocenters. The van der Waals surface area contributed by atoms with Gasteiger partial charge in [-0.15, -0.1) is 0 Å². The quantitative estimate of drug-likeness (QED) is 0.198. The topological polar surface area (TPSA) is 105 Å². The molecular formula is C24H20N4O4S3. The van der Waals surface area contributed by atoms with Gasteiger partial charge in [0, 0.05) is 13.0 Å². The van der Waals surface area contributed by atoms with E-state index in [9.17, 15) is 14.4 Å². The molecule has 0 saturated carbocycles. The van der Waals surface area contributed by atoms with E-state index >= 15 is 0 Å². The molecule has 1 saturated heterocycles. The average molecular weight is 525 g/mol. The highest BCUT2D eigenvalue weighted by molar-refractivity contribution is 8.26. The number of oxazole rings is 1. The van der Waals surface area contributed by atoms with Crippen molar-refractivity contribution < 1.29 is 18.8 Å². The van der Waals surface area contributed by atoms with Gasteiger partial charge < -0.3 is 4.42 Å². The monoisotopic (exact) mass is 524 g/mol. The number of hydrazine groups is 1. The summed E-state index contributed by atoms with van der Waals surface area (Å²) in [5.74, 6) is -1.08. The largest absolute Gasteiger partial charge is 0.431 e. The Morgan fingerprint density at radius 3 is 2.63 bits per heavy atom. The highest BCUT2D eigenvalue weighted by Crippen LogP contribution is 2.31. The molecule has 2 N–H and O–H groups in total. The normalized spacial score (nSPS) is 14.9. The molecule has 4 rings (SSSR count). The van der Waals surface area contributed by atoms with Crippen LogP contribution in [0.2, 0.25) is 0 Å². The van der Waals surface area contributed by atoms with Crippen LogP contribution >= 0.6 is 35.7 Å². The van der Waals surface area contributed by atoms with E-state index in [-0.39, 0.29) is 24.6 Å². The lowest BCUT2D eigenvalue weighted by atomic mass is 10.2. The lowest BCUT2D eigenvalue weighted by molar-refractivity contribution is -0.128. The Morgan fingerprint density at radius 2 is 1.83 bits per heavy atom. The van der Waals surface area contributed by atoms with Crippen molar-refractivity contribution in [2.75, 3.05) is 12.3 Å². The van der Waals surface area contributed by atoms with Crippen LogP contribution in [0, 0.1) is 0 Å². The zero-order valence-corrected chi connectivity index (χ0v) is 20.8. The van der Waals surface area contributed by atoms with Crippen molar-refractivity contribution in [3.63, 3.8) is 0 Å². The van der Waals surface area contributed by atoms with E-state index in [1.807, 2.05) is 54.6 Å². The molecule has 1 aliphatic heterocycles. The van der Waals surface area contributed by atoms with Gasteiger partial charge in [0.05, 0.1) is 10.7 Å². The summed E-state index contributed by atoms with van der Waals surface area (Å²) in [6.45, 7) is 0.115. The number of allylic oxidation sites excluding steroid dienone is 2. The number of carbonyl (C=O) groups is 3. The summed E-state index contributed by atoms with van der Waals surface area (Å²) in [6, 6.07) is 17.0. The number of fused-ring (bicyclic) bond motifs is 1. The predicted molar refractivity (Wildman–Crippen MR) is 141 cm³/mol. The lowest BCUT2D eigenvalue weighted by Crippen LogP contribution is -2.44. The highest BCUT2D eigenvalue weighted by Gasteiger charge is 2.31. The lowest BCUT2D eigenvalue weighted by Gasteiger charge is -2.14. The van der Waals surface area contributed by atoms with Crippen molar-refractivity contribution in [1.82, 2.24) is 20.7 Å². The second kappa shape index (κ2) is 11.8. The number of thiocarbonyl (C=S) groups is 1. The summed E-state index contributed by atoms with van der Waals surface area (Å²) in [6.07, 6.45) is 5.38. The van der Waals surface area contributed by atoms with Crippen molar-refractivity contribution >= 4 is 75.0 Å². The number of carbonyl (C=O) groups excluding carboxylic acids is 3. The Labute approximate surface area is 215 Å². The molecule has 35 heavy (non-hydrogen) atoms. The first-order valence-electron chi connectivity index (χ1n) is 10.5. The fourth-order valence-electron chi connectivity index (χ4n) is 3.01. The molecule has 0 spiro atoms. The molecule has 2 aromatic carbocycles. The number of aromatic nitrogens is 1. The Balaban J connectivity index is 1.19. The van der Waals surface area contributed by atoms with E-state index in [0.717, 1.165) is 17.3 Å². The van der Waals surface area contributed by atoms with Gasteiger partial charge in [0.15, 0.2) is 5.58 Å². The van der Waals surface area contributed by atoms with E-state index in [4.69, 9.17) is 16.6 Å². The minimum Gasteiger partial charge on any atom is -0.431 e. The standard InChI is InChI=1S/C24H20N4O4S3/c29-20(26-27-21(30)15-34-23-25-17-10-4-5-11-18(17)32-23)13-14-28-22(31)19(35-24(28)33)12-6-9-16-7-2-1-3-8-16/h1-12H,13-15H2,(H,26,29)(H,27,30). The third kappa shape index (κ3) is 6.81. The SMILES string of the molecule is O=C(CCN1C(=O)C(=CC=Cc2ccccc2)SC1=S)NNC(=O)CSc1nc2ccccc2o1. The smallest absolute Gasteiger partial charge is 0.266 e. The van der Waals surface area contributed by atoms with Crippen LogP contribution in [0.4, 0.5) is 0 Å². The first kappa shape index (κ1) is 24.7. The zero-order valence-electron chi connectivity index (χ0n) is 18.3. The van der Waals surface area contributed by atoms with Gasteiger partial charge in [-0.05, 0) is 23.8 Å². The van der Waals surface area contributed by atoms with Crippen molar-refractivity contribution in [2.24, 2.45) is 0 Å². The van der Waals surface area contributed by atoms with Crippen LogP contribution in [-0.2, 0) is 14.4 Å². The summed E-state index contributed by atoms with van der Waals surface area (Å²) in [4.78, 5) is 42.9. The van der Waals surface area contributed by atoms with Gasteiger partial charge in [-0.2, -0.15) is 0 Å². The summed E-state index contributed by atoms with van der Waals surface area (Å²) in [5, 5.41) is 0.369. The zero-order chi connectivity index (χ0) is 24.6. The van der Waals surface area contributed by atoms with Crippen LogP contribution in [0.25, 0.3) is 17.2 Å². The van der Waals surface area contributed by atoms with E-state index in [1.54, 1.807) is 18.2 Å². The molecule has 0 radical (unpaired) electrons. The van der Waals surface area contributed by atoms with Gasteiger partial charge in [-0.25, -0.2) is 4.98 Å². The van der Waals surface area contributed by atoms with E-state index in [2.05, 4.69) is 15.8 Å². The Morgan fingerprint density at radius 1 is 1.09 bits per heavy atom. The maximum atomic E-state index is 12.6. The number of thioether (sulfide) groups is 2. The molecule has 1 aliphatic rings. The van der Waals surface area contributed by atoms with Gasteiger partial charge in [-0.3, -0.25) is 30.1 Å². The van der Waals surface area contributed by atoms with Crippen molar-refractivity contribution in [3.05, 3.63) is 77.2 Å². The summed E-state index contributed by atoms with van der Waals surface area (Å²) >= 11 is 7.60. The maximum absolute atomic E-state index is 12.6. The number of nitrogens with one attached hydrogen (secondary N) is 2. The number of nitrogens with zero attached hydrogens (tertiary/aromatic N) is 2. The van der Waals surface area contributed by atoms with Gasteiger partial charge in [0.1, 0.15) is 9.84 Å². The second-order valence-corrected chi connectivity index (χ2v) is 9.81. The van der Waals surface area contributed by atoms with Crippen LogP contribution in [0.5, 0.6) is 0 Å². The van der Waals surface area contributed by atoms with Gasteiger partial charge in [0.2, 0.25) is 11.8 Å². The molecular weight excluding hydrogens is 504 g/mol. The molecule has 3 amide bonds. The van der Waals surface area contributed by atoms with Crippen molar-refractivity contribution in [1.29, 1.82) is 0 Å². The van der Waals surface area contributed by atoms with Crippen molar-refractivity contribution in [3.8, 4) is 0 Å². The molecule has 8 nitrogen and oxygen atoms in total. The van der Waals surface area contributed by atoms with Crippen LogP contribution in [0.3, 0.4) is 0 Å². The number of para-hydroxylation sites is 2. The van der Waals surface area contributed by atoms with Gasteiger partial charge in [-0.1, -0.05) is 90.4 Å². The molecule has 0 bridgehead atoms. The van der Waals surface area contributed by atoms with Crippen LogP contribution in [0.15, 0.2) is 81.3 Å². The fraction of sp³-hybridized carbons (Fsp3) is 0.125. The van der Waals surface area contributed by atoms with Crippen LogP contribution < -0.4 is 10.9 Å².